The van der Waals surface area contributed by atoms with Crippen molar-refractivity contribution >= 4 is 32.4 Å². The van der Waals surface area contributed by atoms with Crippen LogP contribution in [-0.2, 0) is 10.0 Å². The molecule has 0 amide bonds. The molecule has 2 aromatic carbocycles. The van der Waals surface area contributed by atoms with Gasteiger partial charge in [0.2, 0.25) is 5.09 Å². The zero-order chi connectivity index (χ0) is 19.2. The van der Waals surface area contributed by atoms with Crippen LogP contribution in [-0.4, -0.2) is 21.5 Å². The third-order valence-corrected chi connectivity index (χ3v) is 6.39. The second-order valence-electron chi connectivity index (χ2n) is 6.95. The Kier molecular flexibility index (Phi) is 4.34. The second kappa shape index (κ2) is 6.56. The summed E-state index contributed by atoms with van der Waals surface area (Å²) in [6.45, 7) is 5.54. The Morgan fingerprint density at radius 2 is 1.81 bits per heavy atom. The minimum absolute atomic E-state index is 0.189. The van der Waals surface area contributed by atoms with Gasteiger partial charge in [-0.1, -0.05) is 0 Å². The lowest BCUT2D eigenvalue weighted by molar-refractivity contribution is 0.479. The van der Waals surface area contributed by atoms with E-state index in [4.69, 9.17) is 4.42 Å². The standard InChI is InChI=1S/C20H21FN2O3S/c1-13-11-16(23-9-3-4-10-23)6-7-18(13)22-27(24,25)20-14(2)17-12-15(21)5-8-19(17)26-20/h5-8,11-12,22H,3-4,9-10H2,1-2H3. The first-order valence-electron chi connectivity index (χ1n) is 8.92. The van der Waals surface area contributed by atoms with E-state index in [1.165, 1.54) is 31.0 Å². The maximum absolute atomic E-state index is 13.5. The monoisotopic (exact) mass is 388 g/mol. The minimum atomic E-state index is -3.93. The van der Waals surface area contributed by atoms with Crippen LogP contribution in [0, 0.1) is 19.7 Å². The molecule has 142 valence electrons. The van der Waals surface area contributed by atoms with Crippen LogP contribution in [0.25, 0.3) is 11.0 Å². The summed E-state index contributed by atoms with van der Waals surface area (Å²) in [5, 5.41) is 0.266. The molecule has 0 saturated carbocycles. The summed E-state index contributed by atoms with van der Waals surface area (Å²) in [5.74, 6) is -0.434. The molecule has 27 heavy (non-hydrogen) atoms. The molecule has 1 aromatic heterocycles. The summed E-state index contributed by atoms with van der Waals surface area (Å²) < 4.78 is 47.3. The van der Waals surface area contributed by atoms with Crippen LogP contribution < -0.4 is 9.62 Å². The minimum Gasteiger partial charge on any atom is -0.442 e. The van der Waals surface area contributed by atoms with E-state index in [0.29, 0.717) is 22.2 Å². The number of rotatable bonds is 4. The molecule has 4 rings (SSSR count). The lowest BCUT2D eigenvalue weighted by Crippen LogP contribution is -2.18. The predicted octanol–water partition coefficient (Wildman–Crippen LogP) is 4.59. The molecule has 1 aliphatic rings. The van der Waals surface area contributed by atoms with E-state index >= 15 is 0 Å². The number of fused-ring (bicyclic) bond motifs is 1. The van der Waals surface area contributed by atoms with Gasteiger partial charge in [-0.15, -0.1) is 0 Å². The molecule has 1 fully saturated rings. The average molecular weight is 388 g/mol. The fourth-order valence-corrected chi connectivity index (χ4v) is 4.88. The van der Waals surface area contributed by atoms with Crippen LogP contribution in [0.3, 0.4) is 0 Å². The Labute approximate surface area is 157 Å². The van der Waals surface area contributed by atoms with Crippen molar-refractivity contribution in [3.8, 4) is 0 Å². The average Bonchev–Trinajstić information content (AvgIpc) is 3.26. The third-order valence-electron chi connectivity index (χ3n) is 5.02. The number of aryl methyl sites for hydroxylation is 2. The molecule has 2 heterocycles. The number of hydrogen-bond donors (Lipinski definition) is 1. The molecule has 1 N–H and O–H groups in total. The quantitative estimate of drug-likeness (QED) is 0.710. The van der Waals surface area contributed by atoms with E-state index in [9.17, 15) is 12.8 Å². The highest BCUT2D eigenvalue weighted by Crippen LogP contribution is 2.32. The summed E-state index contributed by atoms with van der Waals surface area (Å²) in [5.41, 5.74) is 3.17. The van der Waals surface area contributed by atoms with E-state index < -0.39 is 15.8 Å². The molecule has 0 aliphatic carbocycles. The van der Waals surface area contributed by atoms with Crippen molar-refractivity contribution in [3.63, 3.8) is 0 Å². The number of benzene rings is 2. The van der Waals surface area contributed by atoms with Crippen LogP contribution in [0.2, 0.25) is 0 Å². The normalized spacial score (nSPS) is 14.9. The second-order valence-corrected chi connectivity index (χ2v) is 8.54. The van der Waals surface area contributed by atoms with Gasteiger partial charge in [-0.05, 0) is 68.7 Å². The van der Waals surface area contributed by atoms with E-state index in [2.05, 4.69) is 9.62 Å². The summed E-state index contributed by atoms with van der Waals surface area (Å²) in [7, 11) is -3.93. The van der Waals surface area contributed by atoms with E-state index in [1.54, 1.807) is 13.0 Å². The highest BCUT2D eigenvalue weighted by Gasteiger charge is 2.25. The van der Waals surface area contributed by atoms with Gasteiger partial charge in [0.25, 0.3) is 10.0 Å². The van der Waals surface area contributed by atoms with Crippen LogP contribution >= 0.6 is 0 Å². The van der Waals surface area contributed by atoms with Gasteiger partial charge in [0.05, 0.1) is 5.69 Å². The summed E-state index contributed by atoms with van der Waals surface area (Å²) in [6.07, 6.45) is 2.36. The number of nitrogens with one attached hydrogen (secondary N) is 1. The maximum atomic E-state index is 13.5. The van der Waals surface area contributed by atoms with Crippen LogP contribution in [0.15, 0.2) is 45.9 Å². The molecule has 7 heteroatoms. The van der Waals surface area contributed by atoms with Gasteiger partial charge < -0.3 is 9.32 Å². The Morgan fingerprint density at radius 1 is 1.07 bits per heavy atom. The number of halogens is 1. The largest absolute Gasteiger partial charge is 0.442 e. The molecule has 0 radical (unpaired) electrons. The molecule has 0 spiro atoms. The molecule has 0 bridgehead atoms. The Morgan fingerprint density at radius 3 is 2.52 bits per heavy atom. The molecule has 0 unspecified atom stereocenters. The first kappa shape index (κ1) is 17.9. The predicted molar refractivity (Wildman–Crippen MR) is 104 cm³/mol. The van der Waals surface area contributed by atoms with Gasteiger partial charge in [0.1, 0.15) is 11.4 Å². The molecule has 1 saturated heterocycles. The third kappa shape index (κ3) is 3.27. The zero-order valence-electron chi connectivity index (χ0n) is 15.3. The van der Waals surface area contributed by atoms with Crippen LogP contribution in [0.1, 0.15) is 24.0 Å². The van der Waals surface area contributed by atoms with Crippen molar-refractivity contribution in [1.29, 1.82) is 0 Å². The highest BCUT2D eigenvalue weighted by molar-refractivity contribution is 7.92. The van der Waals surface area contributed by atoms with Crippen LogP contribution in [0.4, 0.5) is 15.8 Å². The van der Waals surface area contributed by atoms with E-state index in [-0.39, 0.29) is 5.09 Å². The number of hydrogen-bond acceptors (Lipinski definition) is 4. The molecule has 0 atom stereocenters. The number of furan rings is 1. The zero-order valence-corrected chi connectivity index (χ0v) is 16.1. The van der Waals surface area contributed by atoms with Crippen molar-refractivity contribution in [1.82, 2.24) is 0 Å². The highest BCUT2D eigenvalue weighted by atomic mass is 32.2. The topological polar surface area (TPSA) is 62.6 Å². The lowest BCUT2D eigenvalue weighted by Gasteiger charge is -2.19. The first-order valence-corrected chi connectivity index (χ1v) is 10.4. The first-order chi connectivity index (χ1) is 12.8. The Hall–Kier alpha value is -2.54. The Bertz CT molecular complexity index is 1120. The van der Waals surface area contributed by atoms with Gasteiger partial charge in [-0.25, -0.2) is 4.39 Å². The van der Waals surface area contributed by atoms with Crippen molar-refractivity contribution in [2.24, 2.45) is 0 Å². The van der Waals surface area contributed by atoms with Crippen molar-refractivity contribution in [3.05, 3.63) is 53.3 Å². The Balaban J connectivity index is 1.66. The van der Waals surface area contributed by atoms with Gasteiger partial charge in [-0.2, -0.15) is 8.42 Å². The molecular formula is C20H21FN2O3S. The maximum Gasteiger partial charge on any atom is 0.295 e. The van der Waals surface area contributed by atoms with Gasteiger partial charge in [0, 0.05) is 29.7 Å². The van der Waals surface area contributed by atoms with E-state index in [0.717, 1.165) is 24.3 Å². The van der Waals surface area contributed by atoms with Gasteiger partial charge >= 0.3 is 0 Å². The van der Waals surface area contributed by atoms with E-state index in [1.807, 2.05) is 19.1 Å². The van der Waals surface area contributed by atoms with Gasteiger partial charge in [0.15, 0.2) is 0 Å². The lowest BCUT2D eigenvalue weighted by atomic mass is 10.2. The summed E-state index contributed by atoms with van der Waals surface area (Å²) in [6, 6.07) is 9.66. The van der Waals surface area contributed by atoms with Crippen molar-refractivity contribution in [2.75, 3.05) is 22.7 Å². The van der Waals surface area contributed by atoms with Gasteiger partial charge in [-0.3, -0.25) is 4.72 Å². The fraction of sp³-hybridized carbons (Fsp3) is 0.300. The molecular weight excluding hydrogens is 367 g/mol. The fourth-order valence-electron chi connectivity index (χ4n) is 3.55. The summed E-state index contributed by atoms with van der Waals surface area (Å²) in [4.78, 5) is 2.29. The number of sulfonamides is 1. The van der Waals surface area contributed by atoms with Crippen molar-refractivity contribution < 1.29 is 17.2 Å². The molecule has 3 aromatic rings. The summed E-state index contributed by atoms with van der Waals surface area (Å²) >= 11 is 0. The smallest absolute Gasteiger partial charge is 0.295 e. The molecule has 5 nitrogen and oxygen atoms in total. The number of nitrogens with zero attached hydrogens (tertiary/aromatic N) is 1. The van der Waals surface area contributed by atoms with Crippen molar-refractivity contribution in [2.45, 2.75) is 31.8 Å². The SMILES string of the molecule is Cc1cc(N2CCCC2)ccc1NS(=O)(=O)c1oc2ccc(F)cc2c1C. The number of anilines is 2. The molecule has 1 aliphatic heterocycles. The van der Waals surface area contributed by atoms with Crippen LogP contribution in [0.5, 0.6) is 0 Å².